The fourth-order valence-corrected chi connectivity index (χ4v) is 5.51. The van der Waals surface area contributed by atoms with Crippen molar-refractivity contribution in [1.29, 1.82) is 0 Å². The summed E-state index contributed by atoms with van der Waals surface area (Å²) < 4.78 is 5.59. The smallest absolute Gasteiger partial charge is 0.407 e. The molecule has 10 heteroatoms. The Morgan fingerprint density at radius 3 is 2.31 bits per heavy atom. The van der Waals surface area contributed by atoms with Crippen molar-refractivity contribution in [1.82, 2.24) is 15.1 Å². The summed E-state index contributed by atoms with van der Waals surface area (Å²) in [7, 11) is 0. The van der Waals surface area contributed by atoms with Crippen LogP contribution in [0.25, 0.3) is 0 Å². The number of nitrogens with zero attached hydrogens (tertiary/aromatic N) is 2. The monoisotopic (exact) mass is 527 g/mol. The molecule has 8 nitrogen and oxygen atoms in total. The van der Waals surface area contributed by atoms with Gasteiger partial charge in [0.15, 0.2) is 0 Å². The SMILES string of the molecule is CC1CN(Cc2c(Cl)cccc2Cl)CC1(CC(=O)OC(C)(C)C)C(=O)NC1CCN(C(=O)O)CC1. The molecule has 0 spiro atoms. The number of amides is 2. The molecule has 0 aromatic heterocycles. The quantitative estimate of drug-likeness (QED) is 0.531. The zero-order chi connectivity index (χ0) is 26.0. The second-order valence-electron chi connectivity index (χ2n) is 10.7. The van der Waals surface area contributed by atoms with E-state index in [1.165, 1.54) is 4.90 Å². The summed E-state index contributed by atoms with van der Waals surface area (Å²) >= 11 is 12.8. The Labute approximate surface area is 216 Å². The summed E-state index contributed by atoms with van der Waals surface area (Å²) in [4.78, 5) is 41.4. The van der Waals surface area contributed by atoms with Gasteiger partial charge in [-0.05, 0) is 51.7 Å². The number of likely N-dealkylation sites (tertiary alicyclic amines) is 2. The molecule has 1 aromatic rings. The number of hydrogen-bond acceptors (Lipinski definition) is 5. The molecule has 2 atom stereocenters. The number of carboxylic acid groups (broad SMARTS) is 1. The zero-order valence-electron chi connectivity index (χ0n) is 20.8. The van der Waals surface area contributed by atoms with Gasteiger partial charge in [-0.1, -0.05) is 36.2 Å². The third-order valence-corrected chi connectivity index (χ3v) is 7.57. The lowest BCUT2D eigenvalue weighted by Gasteiger charge is -2.36. The maximum Gasteiger partial charge on any atom is 0.407 e. The van der Waals surface area contributed by atoms with Crippen LogP contribution in [-0.2, 0) is 20.9 Å². The van der Waals surface area contributed by atoms with Crippen molar-refractivity contribution >= 4 is 41.2 Å². The number of carbonyl (C=O) groups is 3. The summed E-state index contributed by atoms with van der Waals surface area (Å²) in [6, 6.07) is 5.21. The van der Waals surface area contributed by atoms with Gasteiger partial charge < -0.3 is 20.1 Å². The van der Waals surface area contributed by atoms with Crippen LogP contribution >= 0.6 is 23.2 Å². The Kier molecular flexibility index (Phi) is 8.60. The largest absolute Gasteiger partial charge is 0.465 e. The molecule has 2 N–H and O–H groups in total. The maximum absolute atomic E-state index is 13.8. The van der Waals surface area contributed by atoms with Gasteiger partial charge in [-0.15, -0.1) is 0 Å². The molecule has 2 aliphatic rings. The zero-order valence-corrected chi connectivity index (χ0v) is 22.3. The van der Waals surface area contributed by atoms with Crippen molar-refractivity contribution in [2.75, 3.05) is 26.2 Å². The molecule has 194 valence electrons. The first-order valence-corrected chi connectivity index (χ1v) is 12.7. The van der Waals surface area contributed by atoms with E-state index >= 15 is 0 Å². The number of esters is 1. The molecule has 2 unspecified atom stereocenters. The van der Waals surface area contributed by atoms with E-state index < -0.39 is 23.1 Å². The van der Waals surface area contributed by atoms with Gasteiger partial charge in [0, 0.05) is 54.4 Å². The number of nitrogens with one attached hydrogen (secondary N) is 1. The van der Waals surface area contributed by atoms with Crippen LogP contribution in [0.1, 0.15) is 52.5 Å². The van der Waals surface area contributed by atoms with E-state index in [1.54, 1.807) is 39.0 Å². The average Bonchev–Trinajstić information content (AvgIpc) is 3.05. The Hall–Kier alpha value is -2.03. The lowest BCUT2D eigenvalue weighted by atomic mass is 9.75. The number of hydrogen-bond donors (Lipinski definition) is 2. The van der Waals surface area contributed by atoms with Crippen LogP contribution in [0.3, 0.4) is 0 Å². The molecule has 0 bridgehead atoms. The number of piperidine rings is 1. The first kappa shape index (κ1) is 27.6. The molecular formula is C25H35Cl2N3O5. The molecule has 0 saturated carbocycles. The van der Waals surface area contributed by atoms with Crippen LogP contribution in [0, 0.1) is 11.3 Å². The van der Waals surface area contributed by atoms with Gasteiger partial charge in [-0.2, -0.15) is 0 Å². The van der Waals surface area contributed by atoms with Crippen LogP contribution in [0.4, 0.5) is 4.79 Å². The second-order valence-corrected chi connectivity index (χ2v) is 11.5. The molecule has 35 heavy (non-hydrogen) atoms. The lowest BCUT2D eigenvalue weighted by Crippen LogP contribution is -2.53. The van der Waals surface area contributed by atoms with Crippen molar-refractivity contribution in [3.8, 4) is 0 Å². The van der Waals surface area contributed by atoms with Crippen molar-refractivity contribution in [3.05, 3.63) is 33.8 Å². The third-order valence-electron chi connectivity index (χ3n) is 6.86. The Bertz CT molecular complexity index is 939. The van der Waals surface area contributed by atoms with Crippen LogP contribution in [0.2, 0.25) is 10.0 Å². The second kappa shape index (κ2) is 10.9. The predicted molar refractivity (Wildman–Crippen MR) is 135 cm³/mol. The van der Waals surface area contributed by atoms with E-state index in [-0.39, 0.29) is 24.3 Å². The van der Waals surface area contributed by atoms with Crippen molar-refractivity contribution in [3.63, 3.8) is 0 Å². The molecule has 0 radical (unpaired) electrons. The molecular weight excluding hydrogens is 493 g/mol. The molecule has 2 aliphatic heterocycles. The van der Waals surface area contributed by atoms with Crippen LogP contribution in [0.5, 0.6) is 0 Å². The number of rotatable bonds is 6. The third kappa shape index (κ3) is 6.80. The number of carbonyl (C=O) groups excluding carboxylic acids is 2. The van der Waals surface area contributed by atoms with E-state index in [0.717, 1.165) is 5.56 Å². The Morgan fingerprint density at radius 1 is 1.17 bits per heavy atom. The topological polar surface area (TPSA) is 99.2 Å². The van der Waals surface area contributed by atoms with Crippen LogP contribution in [0.15, 0.2) is 18.2 Å². The first-order valence-electron chi connectivity index (χ1n) is 12.0. The Balaban J connectivity index is 1.79. The molecule has 3 rings (SSSR count). The fraction of sp³-hybridized carbons (Fsp3) is 0.640. The number of benzene rings is 1. The minimum Gasteiger partial charge on any atom is -0.465 e. The predicted octanol–water partition coefficient (Wildman–Crippen LogP) is 4.42. The van der Waals surface area contributed by atoms with Gasteiger partial charge in [0.05, 0.1) is 11.8 Å². The molecule has 0 aliphatic carbocycles. The van der Waals surface area contributed by atoms with E-state index in [9.17, 15) is 19.5 Å². The van der Waals surface area contributed by atoms with Gasteiger partial charge in [-0.25, -0.2) is 4.79 Å². The molecule has 2 amide bonds. The summed E-state index contributed by atoms with van der Waals surface area (Å²) in [5, 5.41) is 13.4. The van der Waals surface area contributed by atoms with Gasteiger partial charge in [0.1, 0.15) is 5.60 Å². The van der Waals surface area contributed by atoms with E-state index in [1.807, 2.05) is 6.92 Å². The Morgan fingerprint density at radius 2 is 1.77 bits per heavy atom. The maximum atomic E-state index is 13.8. The summed E-state index contributed by atoms with van der Waals surface area (Å²) in [6.07, 6.45) is 0.0780. The number of ether oxygens (including phenoxy) is 1. The summed E-state index contributed by atoms with van der Waals surface area (Å²) in [5.41, 5.74) is -0.858. The summed E-state index contributed by atoms with van der Waals surface area (Å²) in [5.74, 6) is -0.745. The highest BCUT2D eigenvalue weighted by atomic mass is 35.5. The first-order chi connectivity index (χ1) is 16.3. The minimum absolute atomic E-state index is 0.0437. The number of halogens is 2. The van der Waals surface area contributed by atoms with Gasteiger partial charge in [0.25, 0.3) is 0 Å². The standard InChI is InChI=1S/C25H35Cl2N3O5/c1-16-13-29(14-18-19(26)6-5-7-20(18)27)15-25(16,12-21(31)35-24(2,3)4)22(32)28-17-8-10-30(11-9-17)23(33)34/h5-7,16-17H,8-15H2,1-4H3,(H,28,32)(H,33,34). The molecule has 2 saturated heterocycles. The molecule has 2 heterocycles. The van der Waals surface area contributed by atoms with E-state index in [4.69, 9.17) is 27.9 Å². The highest BCUT2D eigenvalue weighted by molar-refractivity contribution is 6.35. The van der Waals surface area contributed by atoms with E-state index in [0.29, 0.717) is 55.6 Å². The lowest BCUT2D eigenvalue weighted by molar-refractivity contribution is -0.161. The van der Waals surface area contributed by atoms with Crippen LogP contribution < -0.4 is 5.32 Å². The normalized spacial score (nSPS) is 23.8. The summed E-state index contributed by atoms with van der Waals surface area (Å²) in [6.45, 7) is 9.53. The average molecular weight is 528 g/mol. The van der Waals surface area contributed by atoms with Crippen LogP contribution in [-0.4, -0.2) is 70.7 Å². The van der Waals surface area contributed by atoms with Gasteiger partial charge in [-0.3, -0.25) is 14.5 Å². The highest BCUT2D eigenvalue weighted by Crippen LogP contribution is 2.42. The highest BCUT2D eigenvalue weighted by Gasteiger charge is 2.52. The van der Waals surface area contributed by atoms with Gasteiger partial charge in [0.2, 0.25) is 5.91 Å². The molecule has 1 aromatic carbocycles. The molecule has 2 fully saturated rings. The van der Waals surface area contributed by atoms with Gasteiger partial charge >= 0.3 is 12.1 Å². The fourth-order valence-electron chi connectivity index (χ4n) is 4.99. The van der Waals surface area contributed by atoms with Crippen molar-refractivity contribution in [2.45, 2.75) is 65.1 Å². The minimum atomic E-state index is -0.986. The van der Waals surface area contributed by atoms with Crippen molar-refractivity contribution in [2.24, 2.45) is 11.3 Å². The van der Waals surface area contributed by atoms with E-state index in [2.05, 4.69) is 10.2 Å². The van der Waals surface area contributed by atoms with Crippen molar-refractivity contribution < 1.29 is 24.2 Å².